The second kappa shape index (κ2) is 8.28. The summed E-state index contributed by atoms with van der Waals surface area (Å²) in [5.41, 5.74) is 1.02. The molecule has 172 valence electrons. The molecule has 0 saturated carbocycles. The van der Waals surface area contributed by atoms with Crippen LogP contribution in [-0.2, 0) is 18.8 Å². The number of hydrogen-bond donors (Lipinski definition) is 2. The standard InChI is InChI=1S/C23H23N3O6S/c1-6-32-22(29)14-11(2)33-19(18(14)27)15-16-20(25(3)23(30)26(4)21(16)28)24-17(15)12-7-9-13(31-5)10-8-12/h7-10,24,27H,6H2,1-5H3. The van der Waals surface area contributed by atoms with Gasteiger partial charge in [-0.25, -0.2) is 9.59 Å². The number of thiophene rings is 1. The number of rotatable bonds is 5. The van der Waals surface area contributed by atoms with Crippen molar-refractivity contribution in [2.24, 2.45) is 14.1 Å². The highest BCUT2D eigenvalue weighted by Crippen LogP contribution is 2.47. The van der Waals surface area contributed by atoms with Crippen LogP contribution in [0.15, 0.2) is 33.9 Å². The first kappa shape index (κ1) is 22.4. The maximum absolute atomic E-state index is 13.2. The van der Waals surface area contributed by atoms with Gasteiger partial charge in [-0.3, -0.25) is 13.9 Å². The van der Waals surface area contributed by atoms with E-state index in [1.807, 2.05) is 0 Å². The first-order valence-corrected chi connectivity index (χ1v) is 11.0. The zero-order valence-electron chi connectivity index (χ0n) is 18.8. The van der Waals surface area contributed by atoms with Gasteiger partial charge < -0.3 is 19.6 Å². The van der Waals surface area contributed by atoms with E-state index in [4.69, 9.17) is 9.47 Å². The van der Waals surface area contributed by atoms with Crippen molar-refractivity contribution in [3.8, 4) is 33.2 Å². The van der Waals surface area contributed by atoms with Gasteiger partial charge in [0.25, 0.3) is 5.56 Å². The molecule has 0 radical (unpaired) electrons. The number of aryl methyl sites for hydroxylation is 2. The van der Waals surface area contributed by atoms with E-state index in [0.29, 0.717) is 38.0 Å². The fourth-order valence-corrected chi connectivity index (χ4v) is 4.96. The number of benzene rings is 1. The zero-order chi connectivity index (χ0) is 24.0. The van der Waals surface area contributed by atoms with Gasteiger partial charge in [-0.15, -0.1) is 11.3 Å². The molecule has 0 aliphatic heterocycles. The van der Waals surface area contributed by atoms with Crippen molar-refractivity contribution in [2.75, 3.05) is 13.7 Å². The van der Waals surface area contributed by atoms with E-state index in [0.717, 1.165) is 4.57 Å². The van der Waals surface area contributed by atoms with Crippen LogP contribution in [0.2, 0.25) is 0 Å². The number of hydrogen-bond acceptors (Lipinski definition) is 7. The maximum Gasteiger partial charge on any atom is 0.343 e. The highest BCUT2D eigenvalue weighted by molar-refractivity contribution is 7.16. The lowest BCUT2D eigenvalue weighted by atomic mass is 10.0. The molecule has 0 saturated heterocycles. The van der Waals surface area contributed by atoms with Gasteiger partial charge in [-0.1, -0.05) is 0 Å². The number of nitrogens with one attached hydrogen (secondary N) is 1. The molecule has 0 unspecified atom stereocenters. The van der Waals surface area contributed by atoms with Crippen LogP contribution in [0.4, 0.5) is 0 Å². The number of methoxy groups -OCH3 is 1. The Morgan fingerprint density at radius 1 is 1.15 bits per heavy atom. The Bertz CT molecular complexity index is 1500. The number of nitrogens with zero attached hydrogens (tertiary/aromatic N) is 2. The van der Waals surface area contributed by atoms with Gasteiger partial charge in [-0.05, 0) is 43.7 Å². The Labute approximate surface area is 192 Å². The van der Waals surface area contributed by atoms with E-state index in [2.05, 4.69) is 4.98 Å². The number of esters is 1. The highest BCUT2D eigenvalue weighted by Gasteiger charge is 2.29. The fraction of sp³-hybridized carbons (Fsp3) is 0.261. The van der Waals surface area contributed by atoms with Crippen molar-refractivity contribution in [3.05, 3.63) is 55.5 Å². The molecule has 33 heavy (non-hydrogen) atoms. The molecule has 1 aromatic carbocycles. The van der Waals surface area contributed by atoms with Crippen LogP contribution in [0, 0.1) is 6.92 Å². The third-order valence-electron chi connectivity index (χ3n) is 5.55. The Morgan fingerprint density at radius 2 is 1.82 bits per heavy atom. The topological polar surface area (TPSA) is 116 Å². The Morgan fingerprint density at radius 3 is 2.42 bits per heavy atom. The number of fused-ring (bicyclic) bond motifs is 1. The summed E-state index contributed by atoms with van der Waals surface area (Å²) in [7, 11) is 4.52. The predicted molar refractivity (Wildman–Crippen MR) is 126 cm³/mol. The lowest BCUT2D eigenvalue weighted by molar-refractivity contribution is 0.0523. The average Bonchev–Trinajstić information content (AvgIpc) is 3.33. The summed E-state index contributed by atoms with van der Waals surface area (Å²) < 4.78 is 12.7. The summed E-state index contributed by atoms with van der Waals surface area (Å²) >= 11 is 1.18. The molecule has 0 spiro atoms. The van der Waals surface area contributed by atoms with Crippen LogP contribution in [-0.4, -0.2) is 38.9 Å². The van der Waals surface area contributed by atoms with Crippen LogP contribution in [0.3, 0.4) is 0 Å². The normalized spacial score (nSPS) is 11.2. The van der Waals surface area contributed by atoms with Crippen LogP contribution in [0.1, 0.15) is 22.2 Å². The summed E-state index contributed by atoms with van der Waals surface area (Å²) in [6.45, 7) is 3.55. The van der Waals surface area contributed by atoms with E-state index >= 15 is 0 Å². The fourth-order valence-electron chi connectivity index (χ4n) is 3.87. The number of aromatic amines is 1. The van der Waals surface area contributed by atoms with E-state index in [-0.39, 0.29) is 23.3 Å². The average molecular weight is 470 g/mol. The molecule has 2 N–H and O–H groups in total. The molecule has 0 atom stereocenters. The molecular weight excluding hydrogens is 446 g/mol. The third-order valence-corrected chi connectivity index (χ3v) is 6.66. The Hall–Kier alpha value is -3.79. The predicted octanol–water partition coefficient (Wildman–Crippen LogP) is 3.16. The van der Waals surface area contributed by atoms with Crippen molar-refractivity contribution in [1.29, 1.82) is 0 Å². The lowest BCUT2D eigenvalue weighted by Gasteiger charge is -2.07. The second-order valence-electron chi connectivity index (χ2n) is 7.46. The molecule has 0 amide bonds. The number of carbonyl (C=O) groups is 1. The lowest BCUT2D eigenvalue weighted by Crippen LogP contribution is -2.36. The van der Waals surface area contributed by atoms with Crippen LogP contribution >= 0.6 is 11.3 Å². The molecule has 10 heteroatoms. The van der Waals surface area contributed by atoms with Gasteiger partial charge in [0.1, 0.15) is 22.7 Å². The quantitative estimate of drug-likeness (QED) is 0.434. The van der Waals surface area contributed by atoms with Crippen molar-refractivity contribution in [2.45, 2.75) is 13.8 Å². The molecule has 3 heterocycles. The van der Waals surface area contributed by atoms with Crippen molar-refractivity contribution in [1.82, 2.24) is 14.1 Å². The van der Waals surface area contributed by atoms with E-state index < -0.39 is 17.2 Å². The minimum atomic E-state index is -0.638. The molecule has 4 rings (SSSR count). The van der Waals surface area contributed by atoms with Gasteiger partial charge >= 0.3 is 11.7 Å². The van der Waals surface area contributed by atoms with Crippen molar-refractivity contribution >= 4 is 28.3 Å². The number of H-pyrrole nitrogens is 1. The third kappa shape index (κ3) is 3.43. The monoisotopic (exact) mass is 469 g/mol. The Balaban J connectivity index is 2.13. The van der Waals surface area contributed by atoms with Gasteiger partial charge in [0.05, 0.1) is 29.7 Å². The maximum atomic E-state index is 13.2. The molecular formula is C23H23N3O6S. The SMILES string of the molecule is CCOC(=O)c1c(C)sc(-c2c(-c3ccc(OC)cc3)[nH]c3c2c(=O)n(C)c(=O)n3C)c1O. The summed E-state index contributed by atoms with van der Waals surface area (Å²) in [5, 5.41) is 11.3. The number of aromatic nitrogens is 3. The summed E-state index contributed by atoms with van der Waals surface area (Å²) in [6.07, 6.45) is 0. The largest absolute Gasteiger partial charge is 0.505 e. The van der Waals surface area contributed by atoms with Crippen molar-refractivity contribution < 1.29 is 19.4 Å². The summed E-state index contributed by atoms with van der Waals surface area (Å²) in [4.78, 5) is 42.3. The van der Waals surface area contributed by atoms with E-state index in [1.165, 1.54) is 23.0 Å². The molecule has 4 aromatic rings. The van der Waals surface area contributed by atoms with E-state index in [9.17, 15) is 19.5 Å². The van der Waals surface area contributed by atoms with Crippen LogP contribution < -0.4 is 16.0 Å². The Kier molecular flexibility index (Phi) is 5.62. The first-order valence-electron chi connectivity index (χ1n) is 10.2. The number of carbonyl (C=O) groups excluding carboxylic acids is 1. The molecule has 0 aliphatic carbocycles. The second-order valence-corrected chi connectivity index (χ2v) is 8.69. The molecule has 9 nitrogen and oxygen atoms in total. The number of ether oxygens (including phenoxy) is 2. The summed E-state index contributed by atoms with van der Waals surface area (Å²) in [5.74, 6) is -0.247. The molecule has 0 bridgehead atoms. The van der Waals surface area contributed by atoms with Crippen LogP contribution in [0.5, 0.6) is 11.5 Å². The van der Waals surface area contributed by atoms with Gasteiger partial charge in [0.2, 0.25) is 0 Å². The molecule has 0 aliphatic rings. The van der Waals surface area contributed by atoms with Gasteiger partial charge in [0.15, 0.2) is 0 Å². The number of aromatic hydroxyl groups is 1. The van der Waals surface area contributed by atoms with Crippen LogP contribution in [0.25, 0.3) is 32.7 Å². The first-order chi connectivity index (χ1) is 15.7. The molecule has 3 aromatic heterocycles. The summed E-state index contributed by atoms with van der Waals surface area (Å²) in [6, 6.07) is 7.15. The minimum Gasteiger partial charge on any atom is -0.505 e. The van der Waals surface area contributed by atoms with E-state index in [1.54, 1.807) is 52.3 Å². The minimum absolute atomic E-state index is 0.0634. The zero-order valence-corrected chi connectivity index (χ0v) is 19.6. The smallest absolute Gasteiger partial charge is 0.343 e. The van der Waals surface area contributed by atoms with Gasteiger partial charge in [0, 0.05) is 24.5 Å². The van der Waals surface area contributed by atoms with Gasteiger partial charge in [-0.2, -0.15) is 0 Å². The highest BCUT2D eigenvalue weighted by atomic mass is 32.1. The van der Waals surface area contributed by atoms with Crippen molar-refractivity contribution in [3.63, 3.8) is 0 Å². The molecule has 0 fully saturated rings.